The van der Waals surface area contributed by atoms with Gasteiger partial charge in [-0.15, -0.1) is 0 Å². The van der Waals surface area contributed by atoms with E-state index in [1.54, 1.807) is 0 Å². The molecule has 2 aromatic carbocycles. The van der Waals surface area contributed by atoms with Crippen LogP contribution in [0.25, 0.3) is 0 Å². The Bertz CT molecular complexity index is 1330. The van der Waals surface area contributed by atoms with Crippen molar-refractivity contribution in [1.29, 1.82) is 5.26 Å². The van der Waals surface area contributed by atoms with Crippen LogP contribution < -0.4 is 9.64 Å². The second-order valence-corrected chi connectivity index (χ2v) is 8.84. The number of aliphatic imine (C=N–C) groups is 1. The molecule has 0 spiro atoms. The van der Waals surface area contributed by atoms with Crippen LogP contribution in [-0.4, -0.2) is 11.8 Å². The summed E-state index contributed by atoms with van der Waals surface area (Å²) in [5.41, 5.74) is 7.67. The quantitative estimate of drug-likeness (QED) is 0.494. The Morgan fingerprint density at radius 3 is 2.41 bits per heavy atom. The first kappa shape index (κ1) is 20.5. The molecule has 34 heavy (non-hydrogen) atoms. The zero-order chi connectivity index (χ0) is 22.9. The Morgan fingerprint density at radius 2 is 1.65 bits per heavy atom. The van der Waals surface area contributed by atoms with Crippen molar-refractivity contribution in [2.75, 3.05) is 4.90 Å². The van der Waals surface area contributed by atoms with Crippen molar-refractivity contribution in [3.63, 3.8) is 0 Å². The Kier molecular flexibility index (Phi) is 5.24. The molecular weight excluding hydrogens is 418 g/mol. The molecule has 0 radical (unpaired) electrons. The van der Waals surface area contributed by atoms with Crippen LogP contribution in [0.2, 0.25) is 0 Å². The lowest BCUT2D eigenvalue weighted by atomic mass is 9.83. The lowest BCUT2D eigenvalue weighted by molar-refractivity contribution is 0.475. The van der Waals surface area contributed by atoms with Crippen LogP contribution in [0.5, 0.6) is 11.5 Å². The lowest BCUT2D eigenvalue weighted by Crippen LogP contribution is -2.22. The van der Waals surface area contributed by atoms with E-state index in [-0.39, 0.29) is 6.04 Å². The molecule has 2 aliphatic heterocycles. The number of ether oxygens (including phenoxy) is 1. The van der Waals surface area contributed by atoms with Crippen LogP contribution in [0.3, 0.4) is 0 Å². The molecule has 1 atom stereocenters. The van der Waals surface area contributed by atoms with E-state index in [0.29, 0.717) is 5.71 Å². The molecule has 0 saturated carbocycles. The number of hydrogen-bond donors (Lipinski definition) is 0. The van der Waals surface area contributed by atoms with Crippen molar-refractivity contribution < 1.29 is 4.74 Å². The molecule has 0 saturated heterocycles. The highest BCUT2D eigenvalue weighted by molar-refractivity contribution is 6.07. The van der Waals surface area contributed by atoms with E-state index in [4.69, 9.17) is 9.73 Å². The number of hydrogen-bond acceptors (Lipinski definition) is 4. The minimum atomic E-state index is 0.00992. The number of rotatable bonds is 3. The monoisotopic (exact) mass is 443 g/mol. The Morgan fingerprint density at radius 1 is 0.912 bits per heavy atom. The molecule has 4 heteroatoms. The van der Waals surface area contributed by atoms with Gasteiger partial charge in [-0.1, -0.05) is 48.6 Å². The molecule has 0 fully saturated rings. The van der Waals surface area contributed by atoms with Gasteiger partial charge in [-0.3, -0.25) is 4.99 Å². The molecule has 6 rings (SSSR count). The molecule has 2 aromatic rings. The summed E-state index contributed by atoms with van der Waals surface area (Å²) in [6.45, 7) is 0. The highest BCUT2D eigenvalue weighted by Crippen LogP contribution is 2.49. The van der Waals surface area contributed by atoms with Crippen molar-refractivity contribution >= 4 is 17.1 Å². The van der Waals surface area contributed by atoms with Gasteiger partial charge in [0.1, 0.15) is 11.8 Å². The van der Waals surface area contributed by atoms with Gasteiger partial charge >= 0.3 is 0 Å². The van der Waals surface area contributed by atoms with Crippen LogP contribution in [0, 0.1) is 11.3 Å². The number of anilines is 2. The number of dihydropyridines is 1. The molecule has 0 N–H and O–H groups in total. The molecular formula is C30H25N3O. The predicted octanol–water partition coefficient (Wildman–Crippen LogP) is 7.47. The highest BCUT2D eigenvalue weighted by Gasteiger charge is 2.29. The average molecular weight is 444 g/mol. The fourth-order valence-electron chi connectivity index (χ4n) is 5.19. The maximum atomic E-state index is 9.36. The second-order valence-electron chi connectivity index (χ2n) is 8.84. The number of para-hydroxylation sites is 4. The summed E-state index contributed by atoms with van der Waals surface area (Å²) in [7, 11) is 0. The number of fused-ring (bicyclic) bond motifs is 2. The molecule has 0 bridgehead atoms. The molecule has 0 amide bonds. The van der Waals surface area contributed by atoms with Crippen LogP contribution in [0.1, 0.15) is 32.1 Å². The molecule has 4 nitrogen and oxygen atoms in total. The summed E-state index contributed by atoms with van der Waals surface area (Å²) >= 11 is 0. The third-order valence-corrected chi connectivity index (χ3v) is 6.71. The van der Waals surface area contributed by atoms with Gasteiger partial charge in [0.15, 0.2) is 11.5 Å². The SMILES string of the molecule is N#CC1=NC(C2=CCCC=C2C2=CCCC(N3c4ccccc4Oc4ccccc43)=C2)CC=C1. The maximum absolute atomic E-state index is 9.36. The van der Waals surface area contributed by atoms with Crippen LogP contribution >= 0.6 is 0 Å². The normalized spacial score (nSPS) is 21.0. The third kappa shape index (κ3) is 3.60. The van der Waals surface area contributed by atoms with Gasteiger partial charge in [0, 0.05) is 5.70 Å². The Hall–Kier alpha value is -4.10. The summed E-state index contributed by atoms with van der Waals surface area (Å²) in [4.78, 5) is 7.07. The Labute approximate surface area is 200 Å². The van der Waals surface area contributed by atoms with Gasteiger partial charge in [-0.25, -0.2) is 0 Å². The van der Waals surface area contributed by atoms with Gasteiger partial charge < -0.3 is 9.64 Å². The minimum Gasteiger partial charge on any atom is -0.453 e. The van der Waals surface area contributed by atoms with Crippen molar-refractivity contribution in [2.24, 2.45) is 4.99 Å². The number of benzene rings is 2. The lowest BCUT2D eigenvalue weighted by Gasteiger charge is -2.36. The largest absolute Gasteiger partial charge is 0.453 e. The molecule has 1 unspecified atom stereocenters. The van der Waals surface area contributed by atoms with Crippen molar-refractivity contribution in [3.05, 3.63) is 107 Å². The van der Waals surface area contributed by atoms with Crippen LogP contribution in [0.15, 0.2) is 112 Å². The number of nitrogens with zero attached hydrogens (tertiary/aromatic N) is 3. The van der Waals surface area contributed by atoms with Gasteiger partial charge in [0.25, 0.3) is 0 Å². The standard InChI is InChI=1S/C30H25N3O/c31-20-22-10-8-14-26(32-22)25-13-2-1-12-24(25)21-9-7-11-23(19-21)33-27-15-3-5-17-29(27)34-30-18-6-4-16-28(30)33/h3-6,8-10,12-13,15-19,26H,1-2,7,11,14H2. The highest BCUT2D eigenvalue weighted by atomic mass is 16.5. The van der Waals surface area contributed by atoms with Crippen molar-refractivity contribution in [3.8, 4) is 17.6 Å². The summed E-state index contributed by atoms with van der Waals surface area (Å²) < 4.78 is 6.21. The topological polar surface area (TPSA) is 48.6 Å². The first-order chi connectivity index (χ1) is 16.8. The number of allylic oxidation sites excluding steroid dienone is 7. The molecule has 2 heterocycles. The summed E-state index contributed by atoms with van der Waals surface area (Å²) in [6, 6.07) is 18.7. The minimum absolute atomic E-state index is 0.00992. The van der Waals surface area contributed by atoms with E-state index < -0.39 is 0 Å². The van der Waals surface area contributed by atoms with Crippen LogP contribution in [0.4, 0.5) is 11.4 Å². The average Bonchev–Trinajstić information content (AvgIpc) is 2.92. The zero-order valence-corrected chi connectivity index (χ0v) is 18.9. The molecule has 2 aliphatic carbocycles. The van der Waals surface area contributed by atoms with Crippen molar-refractivity contribution in [1.82, 2.24) is 0 Å². The van der Waals surface area contributed by atoms with E-state index in [1.165, 1.54) is 22.4 Å². The summed E-state index contributed by atoms with van der Waals surface area (Å²) in [6.07, 6.45) is 18.1. The van der Waals surface area contributed by atoms with Crippen LogP contribution in [-0.2, 0) is 0 Å². The van der Waals surface area contributed by atoms with E-state index in [0.717, 1.165) is 55.0 Å². The molecule has 0 aromatic heterocycles. The van der Waals surface area contributed by atoms with E-state index in [9.17, 15) is 5.26 Å². The van der Waals surface area contributed by atoms with E-state index in [2.05, 4.69) is 65.6 Å². The number of nitriles is 1. The maximum Gasteiger partial charge on any atom is 0.151 e. The van der Waals surface area contributed by atoms with E-state index >= 15 is 0 Å². The van der Waals surface area contributed by atoms with Gasteiger partial charge in [0.05, 0.1) is 17.4 Å². The van der Waals surface area contributed by atoms with Gasteiger partial charge in [0.2, 0.25) is 0 Å². The molecule has 166 valence electrons. The second kappa shape index (κ2) is 8.68. The molecule has 4 aliphatic rings. The van der Waals surface area contributed by atoms with Gasteiger partial charge in [-0.2, -0.15) is 5.26 Å². The van der Waals surface area contributed by atoms with E-state index in [1.807, 2.05) is 30.3 Å². The fraction of sp³-hybridized carbons (Fsp3) is 0.200. The summed E-state index contributed by atoms with van der Waals surface area (Å²) in [5.74, 6) is 1.76. The zero-order valence-electron chi connectivity index (χ0n) is 18.9. The first-order valence-corrected chi connectivity index (χ1v) is 11.9. The Balaban J connectivity index is 1.39. The predicted molar refractivity (Wildman–Crippen MR) is 136 cm³/mol. The summed E-state index contributed by atoms with van der Waals surface area (Å²) in [5, 5.41) is 9.36. The van der Waals surface area contributed by atoms with Crippen molar-refractivity contribution in [2.45, 2.75) is 38.1 Å². The van der Waals surface area contributed by atoms with Gasteiger partial charge in [-0.05, 0) is 85.2 Å². The first-order valence-electron chi connectivity index (χ1n) is 11.9. The third-order valence-electron chi connectivity index (χ3n) is 6.71. The smallest absolute Gasteiger partial charge is 0.151 e. The fourth-order valence-corrected chi connectivity index (χ4v) is 5.19.